The zero-order chi connectivity index (χ0) is 22.4. The maximum atomic E-state index is 13.9. The van der Waals surface area contributed by atoms with E-state index in [1.807, 2.05) is 48.5 Å². The number of quaternary nitrogens is 1. The van der Waals surface area contributed by atoms with Crippen LogP contribution in [0.25, 0.3) is 0 Å². The molecule has 7 rings (SSSR count). The van der Waals surface area contributed by atoms with Crippen LogP contribution >= 0.6 is 31.9 Å². The van der Waals surface area contributed by atoms with Gasteiger partial charge in [-0.05, 0) is 28.3 Å². The SMILES string of the molecule is O=C1C2C(C(=O)N1c1ccccc1[NH+]([O-])O)C1(Br)c3ccccc3C2(Br)c2ccccc21. The average Bonchev–Trinajstić information content (AvgIpc) is 3.08. The van der Waals surface area contributed by atoms with E-state index in [9.17, 15) is 20.0 Å². The van der Waals surface area contributed by atoms with Crippen LogP contribution in [0, 0.1) is 17.0 Å². The molecule has 0 spiro atoms. The minimum Gasteiger partial charge on any atom is -0.595 e. The van der Waals surface area contributed by atoms with Gasteiger partial charge in [-0.2, -0.15) is 5.23 Å². The molecule has 160 valence electrons. The zero-order valence-corrected chi connectivity index (χ0v) is 19.6. The van der Waals surface area contributed by atoms with E-state index in [4.69, 9.17) is 0 Å². The number of carbonyl (C=O) groups excluding carboxylic acids is 2. The average molecular weight is 556 g/mol. The molecule has 3 aliphatic carbocycles. The van der Waals surface area contributed by atoms with Gasteiger partial charge in [0.15, 0.2) is 5.69 Å². The Morgan fingerprint density at radius 1 is 0.750 bits per heavy atom. The van der Waals surface area contributed by atoms with Gasteiger partial charge in [0.1, 0.15) is 5.69 Å². The molecule has 2 N–H and O–H groups in total. The fourth-order valence-corrected chi connectivity index (χ4v) is 8.06. The molecule has 2 bridgehead atoms. The van der Waals surface area contributed by atoms with Crippen molar-refractivity contribution in [1.29, 1.82) is 0 Å². The summed E-state index contributed by atoms with van der Waals surface area (Å²) in [6, 6.07) is 21.8. The third kappa shape index (κ3) is 2.19. The normalized spacial score (nSPS) is 30.7. The highest BCUT2D eigenvalue weighted by Gasteiger charge is 2.72. The second kappa shape index (κ2) is 6.59. The Morgan fingerprint density at radius 3 is 1.53 bits per heavy atom. The molecule has 6 nitrogen and oxygen atoms in total. The number of imide groups is 1. The summed E-state index contributed by atoms with van der Waals surface area (Å²) in [6.45, 7) is 0. The molecule has 2 amide bonds. The number of para-hydroxylation sites is 2. The number of carbonyl (C=O) groups is 2. The molecule has 3 atom stereocenters. The van der Waals surface area contributed by atoms with Gasteiger partial charge in [0.25, 0.3) is 0 Å². The van der Waals surface area contributed by atoms with Gasteiger partial charge in [-0.1, -0.05) is 92.5 Å². The first kappa shape index (κ1) is 20.3. The van der Waals surface area contributed by atoms with Crippen LogP contribution in [0.1, 0.15) is 22.3 Å². The van der Waals surface area contributed by atoms with E-state index >= 15 is 0 Å². The molecule has 1 aliphatic heterocycles. The Morgan fingerprint density at radius 2 is 1.12 bits per heavy atom. The maximum Gasteiger partial charge on any atom is 0.240 e. The molecule has 3 aromatic carbocycles. The molecule has 0 saturated carbocycles. The summed E-state index contributed by atoms with van der Waals surface area (Å²) in [5, 5.41) is 20.4. The van der Waals surface area contributed by atoms with Gasteiger partial charge < -0.3 is 5.21 Å². The summed E-state index contributed by atoms with van der Waals surface area (Å²) in [5.41, 5.74) is 3.77. The Bertz CT molecular complexity index is 1200. The fraction of sp³-hybridized carbons (Fsp3) is 0.167. The summed E-state index contributed by atoms with van der Waals surface area (Å²) < 4.78 is -1.81. The first-order valence-corrected chi connectivity index (χ1v) is 11.7. The number of nitrogens with zero attached hydrogens (tertiary/aromatic N) is 1. The summed E-state index contributed by atoms with van der Waals surface area (Å²) in [6.07, 6.45) is 0. The molecular formula is C24H16Br2N2O4. The topological polar surface area (TPSA) is 85.1 Å². The molecule has 4 aliphatic rings. The third-order valence-electron chi connectivity index (χ3n) is 6.96. The van der Waals surface area contributed by atoms with Gasteiger partial charge in [-0.3, -0.25) is 9.59 Å². The number of hydrogen-bond acceptors (Lipinski definition) is 4. The fourth-order valence-electron chi connectivity index (χ4n) is 5.75. The Hall–Kier alpha value is -2.36. The number of nitrogens with one attached hydrogen (secondary N) is 1. The van der Waals surface area contributed by atoms with Gasteiger partial charge >= 0.3 is 0 Å². The quantitative estimate of drug-likeness (QED) is 0.288. The van der Waals surface area contributed by atoms with Gasteiger partial charge in [0.05, 0.1) is 20.5 Å². The molecular weight excluding hydrogens is 540 g/mol. The van der Waals surface area contributed by atoms with E-state index in [1.165, 1.54) is 12.1 Å². The van der Waals surface area contributed by atoms with E-state index in [0.717, 1.165) is 27.2 Å². The van der Waals surface area contributed by atoms with Crippen molar-refractivity contribution in [3.8, 4) is 0 Å². The predicted octanol–water partition coefficient (Wildman–Crippen LogP) is 3.50. The van der Waals surface area contributed by atoms with Crippen LogP contribution in [0.3, 0.4) is 0 Å². The summed E-state index contributed by atoms with van der Waals surface area (Å²) >= 11 is 7.88. The third-order valence-corrected chi connectivity index (χ3v) is 9.66. The van der Waals surface area contributed by atoms with E-state index in [2.05, 4.69) is 31.9 Å². The number of rotatable bonds is 2. The van der Waals surface area contributed by atoms with Crippen LogP contribution < -0.4 is 10.1 Å². The lowest BCUT2D eigenvalue weighted by molar-refractivity contribution is -0.990. The van der Waals surface area contributed by atoms with E-state index in [0.29, 0.717) is 0 Å². The first-order chi connectivity index (χ1) is 15.3. The highest BCUT2D eigenvalue weighted by atomic mass is 79.9. The lowest BCUT2D eigenvalue weighted by atomic mass is 9.54. The highest BCUT2D eigenvalue weighted by Crippen LogP contribution is 2.70. The standard InChI is InChI=1S/C24H16Br2N2O4/c25-23-13-7-1-2-8-14(13)24(26,16-10-4-3-9-15(16)23)20-19(23)21(29)27(22(20)30)17-11-5-6-12-18(17)28(31)32/h1-12,19-20,28,31H. The highest BCUT2D eigenvalue weighted by molar-refractivity contribution is 9.10. The molecule has 1 fully saturated rings. The van der Waals surface area contributed by atoms with Crippen LogP contribution in [-0.2, 0) is 18.2 Å². The molecule has 0 radical (unpaired) electrons. The van der Waals surface area contributed by atoms with Gasteiger partial charge in [-0.15, -0.1) is 0 Å². The Labute approximate surface area is 200 Å². The Balaban J connectivity index is 1.65. The van der Waals surface area contributed by atoms with Crippen molar-refractivity contribution >= 4 is 55.0 Å². The lowest BCUT2D eigenvalue weighted by Gasteiger charge is -2.55. The molecule has 1 saturated heterocycles. The minimum atomic E-state index is -1.19. The monoisotopic (exact) mass is 554 g/mol. The van der Waals surface area contributed by atoms with Crippen molar-refractivity contribution in [3.63, 3.8) is 0 Å². The second-order valence-electron chi connectivity index (χ2n) is 8.30. The van der Waals surface area contributed by atoms with Crippen LogP contribution in [0.15, 0.2) is 72.8 Å². The molecule has 3 unspecified atom stereocenters. The zero-order valence-electron chi connectivity index (χ0n) is 16.5. The predicted molar refractivity (Wildman–Crippen MR) is 124 cm³/mol. The summed E-state index contributed by atoms with van der Waals surface area (Å²) in [4.78, 5) is 29.0. The second-order valence-corrected chi connectivity index (χ2v) is 10.8. The maximum absolute atomic E-state index is 13.9. The summed E-state index contributed by atoms with van der Waals surface area (Å²) in [7, 11) is 0. The molecule has 3 aromatic rings. The van der Waals surface area contributed by atoms with E-state index < -0.39 is 37.5 Å². The molecule has 1 heterocycles. The van der Waals surface area contributed by atoms with Crippen LogP contribution in [0.2, 0.25) is 0 Å². The van der Waals surface area contributed by atoms with Gasteiger partial charge in [-0.25, -0.2) is 10.1 Å². The van der Waals surface area contributed by atoms with Crippen molar-refractivity contribution in [2.75, 3.05) is 4.90 Å². The number of alkyl halides is 2. The van der Waals surface area contributed by atoms with Crippen LogP contribution in [-0.4, -0.2) is 17.0 Å². The largest absolute Gasteiger partial charge is 0.595 e. The van der Waals surface area contributed by atoms with E-state index in [-0.39, 0.29) is 11.4 Å². The molecule has 0 aromatic heterocycles. The van der Waals surface area contributed by atoms with Crippen molar-refractivity contribution in [2.24, 2.45) is 11.8 Å². The van der Waals surface area contributed by atoms with Crippen LogP contribution in [0.4, 0.5) is 11.4 Å². The summed E-state index contributed by atoms with van der Waals surface area (Å²) in [5.74, 6) is -2.28. The number of anilines is 1. The lowest BCUT2D eigenvalue weighted by Crippen LogP contribution is -2.99. The van der Waals surface area contributed by atoms with Gasteiger partial charge in [0, 0.05) is 6.07 Å². The number of hydrogen-bond donors (Lipinski definition) is 2. The molecule has 32 heavy (non-hydrogen) atoms. The molecule has 8 heteroatoms. The smallest absolute Gasteiger partial charge is 0.240 e. The number of halogens is 2. The van der Waals surface area contributed by atoms with Crippen molar-refractivity contribution in [1.82, 2.24) is 0 Å². The first-order valence-electron chi connectivity index (χ1n) is 10.1. The number of benzene rings is 3. The number of amides is 2. The van der Waals surface area contributed by atoms with Crippen molar-refractivity contribution in [3.05, 3.63) is 100 Å². The van der Waals surface area contributed by atoms with Crippen LogP contribution in [0.5, 0.6) is 0 Å². The van der Waals surface area contributed by atoms with Crippen molar-refractivity contribution in [2.45, 2.75) is 8.65 Å². The van der Waals surface area contributed by atoms with Crippen molar-refractivity contribution < 1.29 is 20.0 Å². The van der Waals surface area contributed by atoms with Gasteiger partial charge in [0.2, 0.25) is 11.8 Å². The van der Waals surface area contributed by atoms with E-state index in [1.54, 1.807) is 12.1 Å². The minimum absolute atomic E-state index is 0.0810. The Kier molecular flexibility index (Phi) is 4.17.